The Kier molecular flexibility index (Phi) is 4.99. The highest BCUT2D eigenvalue weighted by Crippen LogP contribution is 2.31. The second-order valence-corrected chi connectivity index (χ2v) is 7.82. The zero-order valence-corrected chi connectivity index (χ0v) is 13.8. The molecule has 60 valence electrons. The molecule has 0 aromatic heterocycles. The third-order valence-corrected chi connectivity index (χ3v) is 5.22. The Balaban J connectivity index is 3.17. The monoisotopic (exact) mass is 597 g/mol. The summed E-state index contributed by atoms with van der Waals surface area (Å²) in [7, 11) is 0. The molecule has 0 heterocycles. The summed E-state index contributed by atoms with van der Waals surface area (Å²) in [4.78, 5) is 0. The quantitative estimate of drug-likeness (QED) is 0.343. The largest absolute Gasteiger partial charge is 0.254 e. The molecule has 1 nitrogen and oxygen atoms in total. The fourth-order valence-electron chi connectivity index (χ4n) is 0.623. The van der Waals surface area contributed by atoms with Crippen molar-refractivity contribution < 1.29 is 0 Å². The molecule has 1 rings (SSSR count). The van der Waals surface area contributed by atoms with Gasteiger partial charge in [-0.05, 0) is 57.3 Å². The van der Waals surface area contributed by atoms with E-state index in [0.29, 0.717) is 0 Å². The van der Waals surface area contributed by atoms with Gasteiger partial charge in [0.1, 0.15) is 0 Å². The van der Waals surface area contributed by atoms with Crippen molar-refractivity contribution in [3.63, 3.8) is 0 Å². The van der Waals surface area contributed by atoms with Crippen LogP contribution >= 0.6 is 90.9 Å². The minimum absolute atomic E-state index is 1.26. The second kappa shape index (κ2) is 4.98. The number of hydrogen-bond donors (Lipinski definition) is 0. The van der Waals surface area contributed by atoms with E-state index in [9.17, 15) is 0 Å². The Bertz CT molecular complexity index is 261. The number of anilines is 1. The molecule has 0 amide bonds. The zero-order valence-electron chi connectivity index (χ0n) is 5.19. The van der Waals surface area contributed by atoms with Crippen molar-refractivity contribution >= 4 is 96.6 Å². The topological polar surface area (TPSA) is 3.24 Å². The van der Waals surface area contributed by atoms with Crippen molar-refractivity contribution in [1.29, 1.82) is 0 Å². The zero-order chi connectivity index (χ0) is 8.43. The molecule has 0 aliphatic heterocycles. The van der Waals surface area contributed by atoms with Gasteiger partial charge in [-0.3, -0.25) is 1.33 Å². The Labute approximate surface area is 121 Å². The molecule has 0 N–H and O–H groups in total. The summed E-state index contributed by atoms with van der Waals surface area (Å²) in [6.45, 7) is 0. The molecular weight excluding hydrogens is 594 g/mol. The molecule has 11 heavy (non-hydrogen) atoms. The van der Waals surface area contributed by atoms with Gasteiger partial charge in [0.25, 0.3) is 0 Å². The molecule has 0 aliphatic carbocycles. The van der Waals surface area contributed by atoms with Gasteiger partial charge in [0.05, 0.1) is 55.0 Å². The van der Waals surface area contributed by atoms with Crippen molar-refractivity contribution in [1.82, 2.24) is 0 Å². The molecular formula is C6H3I4N. The molecule has 0 atom stereocenters. The van der Waals surface area contributed by atoms with Crippen molar-refractivity contribution in [3.8, 4) is 0 Å². The molecule has 1 aromatic carbocycles. The van der Waals surface area contributed by atoms with Crippen LogP contribution in [0.15, 0.2) is 18.2 Å². The SMILES string of the molecule is Ic1cccc(N(I)I)c1I. The lowest BCUT2D eigenvalue weighted by molar-refractivity contribution is 1.55. The van der Waals surface area contributed by atoms with Crippen LogP contribution in [0.5, 0.6) is 0 Å². The molecule has 0 saturated carbocycles. The van der Waals surface area contributed by atoms with E-state index in [4.69, 9.17) is 0 Å². The summed E-state index contributed by atoms with van der Waals surface area (Å²) >= 11 is 9.23. The van der Waals surface area contributed by atoms with E-state index in [1.54, 1.807) is 0 Å². The number of nitrogens with zero attached hydrogens (tertiary/aromatic N) is 1. The summed E-state index contributed by atoms with van der Waals surface area (Å²) in [6.07, 6.45) is 0. The lowest BCUT2D eigenvalue weighted by Crippen LogP contribution is -1.94. The molecule has 0 radical (unpaired) electrons. The van der Waals surface area contributed by atoms with Crippen molar-refractivity contribution in [2.75, 3.05) is 1.33 Å². The van der Waals surface area contributed by atoms with E-state index in [1.807, 2.05) is 0 Å². The smallest absolute Gasteiger partial charge is 0.0708 e. The summed E-state index contributed by atoms with van der Waals surface area (Å²) in [5.41, 5.74) is 1.26. The fraction of sp³-hybridized carbons (Fsp3) is 0. The molecule has 0 fully saturated rings. The van der Waals surface area contributed by atoms with E-state index in [-0.39, 0.29) is 0 Å². The Morgan fingerprint density at radius 2 is 1.73 bits per heavy atom. The maximum Gasteiger partial charge on any atom is 0.0708 e. The summed E-state index contributed by atoms with van der Waals surface area (Å²) in [5, 5.41) is 0. The van der Waals surface area contributed by atoms with E-state index in [1.165, 1.54) is 12.8 Å². The van der Waals surface area contributed by atoms with Gasteiger partial charge < -0.3 is 0 Å². The molecule has 0 bridgehead atoms. The number of benzene rings is 1. The van der Waals surface area contributed by atoms with Gasteiger partial charge in [-0.2, -0.15) is 0 Å². The predicted molar refractivity (Wildman–Crippen MR) is 82.4 cm³/mol. The highest BCUT2D eigenvalue weighted by molar-refractivity contribution is 14.2. The van der Waals surface area contributed by atoms with Crippen molar-refractivity contribution in [3.05, 3.63) is 25.3 Å². The lowest BCUT2D eigenvalue weighted by Gasteiger charge is -2.09. The van der Waals surface area contributed by atoms with Gasteiger partial charge >= 0.3 is 0 Å². The van der Waals surface area contributed by atoms with Crippen molar-refractivity contribution in [2.24, 2.45) is 0 Å². The summed E-state index contributed by atoms with van der Waals surface area (Å²) in [5.74, 6) is 0. The van der Waals surface area contributed by atoms with Gasteiger partial charge in [-0.1, -0.05) is 6.07 Å². The fourth-order valence-corrected chi connectivity index (χ4v) is 3.43. The third-order valence-electron chi connectivity index (χ3n) is 1.11. The molecule has 0 spiro atoms. The van der Waals surface area contributed by atoms with Gasteiger partial charge in [0, 0.05) is 3.57 Å². The lowest BCUT2D eigenvalue weighted by atomic mass is 10.3. The van der Waals surface area contributed by atoms with Crippen LogP contribution in [-0.2, 0) is 0 Å². The Morgan fingerprint density at radius 3 is 2.18 bits per heavy atom. The van der Waals surface area contributed by atoms with E-state index < -0.39 is 0 Å². The molecule has 0 aliphatic rings. The maximum atomic E-state index is 2.36. The van der Waals surface area contributed by atoms with E-state index in [0.717, 1.165) is 0 Å². The Hall–Kier alpha value is 1.94. The highest BCUT2D eigenvalue weighted by atomic mass is 127. The van der Waals surface area contributed by atoms with Crippen LogP contribution in [0.4, 0.5) is 5.69 Å². The van der Waals surface area contributed by atoms with Gasteiger partial charge in [0.2, 0.25) is 0 Å². The predicted octanol–water partition coefficient (Wildman–Crippen LogP) is 4.40. The minimum Gasteiger partial charge on any atom is -0.254 e. The number of hydrogen-bond acceptors (Lipinski definition) is 1. The minimum atomic E-state index is 1.26. The van der Waals surface area contributed by atoms with Crippen LogP contribution < -0.4 is 1.33 Å². The van der Waals surface area contributed by atoms with Crippen molar-refractivity contribution in [2.45, 2.75) is 0 Å². The van der Waals surface area contributed by atoms with E-state index >= 15 is 0 Å². The van der Waals surface area contributed by atoms with Crippen LogP contribution in [0.2, 0.25) is 0 Å². The Morgan fingerprint density at radius 1 is 1.09 bits per heavy atom. The molecule has 1 aromatic rings. The highest BCUT2D eigenvalue weighted by Gasteiger charge is 2.05. The number of halogens is 4. The van der Waals surface area contributed by atoms with Crippen LogP contribution in [0, 0.1) is 7.14 Å². The standard InChI is InChI=1S/C6H3I4N/c7-4-2-1-3-5(6(4)8)11(9)10/h1-3H. The first-order valence-corrected chi connectivity index (χ1v) is 6.77. The summed E-state index contributed by atoms with van der Waals surface area (Å²) < 4.78 is 4.69. The third kappa shape index (κ3) is 2.97. The first-order valence-electron chi connectivity index (χ1n) is 2.68. The van der Waals surface area contributed by atoms with Crippen LogP contribution in [-0.4, -0.2) is 0 Å². The van der Waals surface area contributed by atoms with Gasteiger partial charge in [-0.15, -0.1) is 0 Å². The molecule has 5 heteroatoms. The van der Waals surface area contributed by atoms with Gasteiger partial charge in [0.15, 0.2) is 0 Å². The molecule has 0 saturated heterocycles. The van der Waals surface area contributed by atoms with E-state index in [2.05, 4.69) is 110 Å². The van der Waals surface area contributed by atoms with Crippen LogP contribution in [0.1, 0.15) is 0 Å². The first-order chi connectivity index (χ1) is 5.13. The van der Waals surface area contributed by atoms with Crippen LogP contribution in [0.25, 0.3) is 0 Å². The number of rotatable bonds is 1. The van der Waals surface area contributed by atoms with Gasteiger partial charge in [-0.25, -0.2) is 0 Å². The van der Waals surface area contributed by atoms with Crippen LogP contribution in [0.3, 0.4) is 0 Å². The molecule has 0 unspecified atom stereocenters. The summed E-state index contributed by atoms with van der Waals surface area (Å²) in [6, 6.07) is 6.30. The second-order valence-electron chi connectivity index (χ2n) is 1.81. The maximum absolute atomic E-state index is 2.36. The first kappa shape index (κ1) is 11.0. The normalized spacial score (nSPS) is 9.82. The average molecular weight is 597 g/mol. The average Bonchev–Trinajstić information content (AvgIpc) is 1.94.